The molecule has 2 atom stereocenters. The van der Waals surface area contributed by atoms with E-state index in [-0.39, 0.29) is 18.5 Å². The molecule has 0 aliphatic carbocycles. The van der Waals surface area contributed by atoms with Crippen molar-refractivity contribution in [3.05, 3.63) is 24.3 Å². The van der Waals surface area contributed by atoms with Crippen molar-refractivity contribution in [1.82, 2.24) is 5.32 Å². The molecule has 2 unspecified atom stereocenters. The Hall–Kier alpha value is -1.66. The molecule has 75 heavy (non-hydrogen) atoms. The van der Waals surface area contributed by atoms with Gasteiger partial charge < -0.3 is 20.3 Å². The van der Waals surface area contributed by atoms with Crippen LogP contribution in [-0.4, -0.2) is 47.4 Å². The molecule has 0 spiro atoms. The first-order valence-corrected chi connectivity index (χ1v) is 34.1. The summed E-state index contributed by atoms with van der Waals surface area (Å²) < 4.78 is 5.49. The number of rotatable bonds is 64. The van der Waals surface area contributed by atoms with Crippen molar-refractivity contribution < 1.29 is 24.5 Å². The average Bonchev–Trinajstić information content (AvgIpc) is 3.41. The number of aliphatic hydroxyl groups is 2. The molecule has 0 aromatic rings. The smallest absolute Gasteiger partial charge is 0.305 e. The molecule has 0 rings (SSSR count). The van der Waals surface area contributed by atoms with Crippen LogP contribution in [-0.2, 0) is 14.3 Å². The third-order valence-electron chi connectivity index (χ3n) is 16.0. The number of amides is 1. The fourth-order valence-corrected chi connectivity index (χ4v) is 10.7. The second kappa shape index (κ2) is 64.9. The monoisotopic (exact) mass is 1060 g/mol. The number of hydrogen-bond donors (Lipinski definition) is 3. The van der Waals surface area contributed by atoms with Crippen LogP contribution in [0, 0.1) is 0 Å². The van der Waals surface area contributed by atoms with Crippen LogP contribution in [0.2, 0.25) is 0 Å². The quantitative estimate of drug-likeness (QED) is 0.0320. The number of nitrogens with one attached hydrogen (secondary N) is 1. The standard InChI is InChI=1S/C69H133NO5/c1-3-5-7-9-11-13-15-17-19-20-21-27-30-34-37-41-45-49-53-57-61-67(72)66(65-71)70-68(73)62-58-54-50-46-42-38-35-31-28-25-23-22-24-26-29-32-36-40-44-48-52-56-60-64-75-69(74)63-59-55-51-47-43-39-33-18-16-14-12-10-8-6-4-2/h18,25,28,33,66-67,71-72H,3-17,19-24,26-27,29-32,34-65H2,1-2H3,(H,70,73)/b28-25-,33-18-. The molecule has 6 heteroatoms. The third kappa shape index (κ3) is 61.4. The summed E-state index contributed by atoms with van der Waals surface area (Å²) in [5.74, 6) is -0.0332. The molecule has 0 saturated carbocycles. The summed E-state index contributed by atoms with van der Waals surface area (Å²) >= 11 is 0. The number of ether oxygens (including phenoxy) is 1. The number of carbonyl (C=O) groups excluding carboxylic acids is 2. The Morgan fingerprint density at radius 1 is 0.360 bits per heavy atom. The molecule has 0 fully saturated rings. The van der Waals surface area contributed by atoms with E-state index in [2.05, 4.69) is 43.5 Å². The Labute approximate surface area is 469 Å². The summed E-state index contributed by atoms with van der Waals surface area (Å²) in [6.07, 6.45) is 80.6. The van der Waals surface area contributed by atoms with Crippen LogP contribution >= 0.6 is 0 Å². The lowest BCUT2D eigenvalue weighted by atomic mass is 10.0. The first kappa shape index (κ1) is 73.3. The fraction of sp³-hybridized carbons (Fsp3) is 0.913. The summed E-state index contributed by atoms with van der Waals surface area (Å²) in [5.41, 5.74) is 0. The van der Waals surface area contributed by atoms with E-state index >= 15 is 0 Å². The Balaban J connectivity index is 3.41. The van der Waals surface area contributed by atoms with Gasteiger partial charge in [0.15, 0.2) is 0 Å². The van der Waals surface area contributed by atoms with Crippen LogP contribution in [0.4, 0.5) is 0 Å². The van der Waals surface area contributed by atoms with E-state index in [1.807, 2.05) is 0 Å². The van der Waals surface area contributed by atoms with Gasteiger partial charge in [-0.05, 0) is 77.0 Å². The number of unbranched alkanes of at least 4 members (excludes halogenated alkanes) is 49. The van der Waals surface area contributed by atoms with E-state index < -0.39 is 12.1 Å². The zero-order chi connectivity index (χ0) is 54.3. The van der Waals surface area contributed by atoms with Crippen LogP contribution < -0.4 is 5.32 Å². The third-order valence-corrected chi connectivity index (χ3v) is 16.0. The van der Waals surface area contributed by atoms with E-state index in [4.69, 9.17) is 4.74 Å². The molecular formula is C69H133NO5. The van der Waals surface area contributed by atoms with Gasteiger partial charge in [-0.15, -0.1) is 0 Å². The van der Waals surface area contributed by atoms with E-state index in [0.29, 0.717) is 25.9 Å². The molecular weight excluding hydrogens is 923 g/mol. The van der Waals surface area contributed by atoms with Crippen LogP contribution in [0.3, 0.4) is 0 Å². The zero-order valence-electron chi connectivity index (χ0n) is 50.8. The average molecular weight is 1060 g/mol. The van der Waals surface area contributed by atoms with Crippen LogP contribution in [0.1, 0.15) is 380 Å². The highest BCUT2D eigenvalue weighted by molar-refractivity contribution is 5.76. The first-order valence-electron chi connectivity index (χ1n) is 34.1. The van der Waals surface area contributed by atoms with Gasteiger partial charge in [-0.25, -0.2) is 0 Å². The molecule has 0 aliphatic rings. The van der Waals surface area contributed by atoms with Crippen LogP contribution in [0.25, 0.3) is 0 Å². The van der Waals surface area contributed by atoms with E-state index in [1.165, 1.54) is 302 Å². The molecule has 0 aromatic heterocycles. The number of esters is 1. The fourth-order valence-electron chi connectivity index (χ4n) is 10.7. The van der Waals surface area contributed by atoms with Crippen LogP contribution in [0.5, 0.6) is 0 Å². The van der Waals surface area contributed by atoms with Crippen molar-refractivity contribution in [3.63, 3.8) is 0 Å². The van der Waals surface area contributed by atoms with E-state index in [0.717, 1.165) is 44.9 Å². The molecule has 0 bridgehead atoms. The molecule has 1 amide bonds. The normalized spacial score (nSPS) is 12.6. The highest BCUT2D eigenvalue weighted by Gasteiger charge is 2.20. The van der Waals surface area contributed by atoms with Gasteiger partial charge in [-0.3, -0.25) is 9.59 Å². The van der Waals surface area contributed by atoms with Crippen molar-refractivity contribution in [2.24, 2.45) is 0 Å². The number of allylic oxidation sites excluding steroid dienone is 4. The maximum Gasteiger partial charge on any atom is 0.305 e. The number of aliphatic hydroxyl groups excluding tert-OH is 2. The van der Waals surface area contributed by atoms with Crippen LogP contribution in [0.15, 0.2) is 24.3 Å². The van der Waals surface area contributed by atoms with Crippen molar-refractivity contribution in [1.29, 1.82) is 0 Å². The van der Waals surface area contributed by atoms with Crippen molar-refractivity contribution in [3.8, 4) is 0 Å². The second-order valence-electron chi connectivity index (χ2n) is 23.5. The predicted molar refractivity (Wildman–Crippen MR) is 329 cm³/mol. The molecule has 3 N–H and O–H groups in total. The molecule has 0 aliphatic heterocycles. The Bertz CT molecular complexity index is 1170. The Kier molecular flexibility index (Phi) is 63.4. The summed E-state index contributed by atoms with van der Waals surface area (Å²) in [5, 5.41) is 23.4. The van der Waals surface area contributed by atoms with Gasteiger partial charge in [0, 0.05) is 12.8 Å². The molecule has 0 saturated heterocycles. The topological polar surface area (TPSA) is 95.9 Å². The minimum atomic E-state index is -0.669. The maximum atomic E-state index is 12.5. The van der Waals surface area contributed by atoms with Crippen molar-refractivity contribution >= 4 is 11.9 Å². The summed E-state index contributed by atoms with van der Waals surface area (Å²) in [4.78, 5) is 24.6. The molecule has 0 heterocycles. The van der Waals surface area contributed by atoms with E-state index in [1.54, 1.807) is 0 Å². The largest absolute Gasteiger partial charge is 0.466 e. The maximum absolute atomic E-state index is 12.5. The van der Waals surface area contributed by atoms with Gasteiger partial charge in [0.1, 0.15) is 0 Å². The second-order valence-corrected chi connectivity index (χ2v) is 23.5. The summed E-state index contributed by atoms with van der Waals surface area (Å²) in [7, 11) is 0. The lowest BCUT2D eigenvalue weighted by molar-refractivity contribution is -0.143. The molecule has 444 valence electrons. The zero-order valence-corrected chi connectivity index (χ0v) is 50.8. The Morgan fingerprint density at radius 3 is 0.947 bits per heavy atom. The SMILES string of the molecule is CCCCCCCC/C=C\CCCCCCCC(=O)OCCCCCCCCCCCCCC/C=C\CCCCCCCCCC(=O)NC(CO)C(O)CCCCCCCCCCCCCCCCCCCCCC. The molecule has 0 radical (unpaired) electrons. The van der Waals surface area contributed by atoms with Crippen molar-refractivity contribution in [2.45, 2.75) is 392 Å². The predicted octanol–water partition coefficient (Wildman–Crippen LogP) is 21.8. The van der Waals surface area contributed by atoms with Crippen molar-refractivity contribution in [2.75, 3.05) is 13.2 Å². The van der Waals surface area contributed by atoms with Gasteiger partial charge in [-0.1, -0.05) is 314 Å². The van der Waals surface area contributed by atoms with Gasteiger partial charge in [0.2, 0.25) is 5.91 Å². The highest BCUT2D eigenvalue weighted by Crippen LogP contribution is 2.18. The number of carbonyl (C=O) groups is 2. The van der Waals surface area contributed by atoms with Gasteiger partial charge in [0.05, 0.1) is 25.4 Å². The molecule has 0 aromatic carbocycles. The summed E-state index contributed by atoms with van der Waals surface area (Å²) in [6, 6.07) is -0.547. The minimum absolute atomic E-state index is 0.00435. The first-order chi connectivity index (χ1) is 37.0. The van der Waals surface area contributed by atoms with Gasteiger partial charge in [0.25, 0.3) is 0 Å². The molecule has 6 nitrogen and oxygen atoms in total. The Morgan fingerprint density at radius 2 is 0.627 bits per heavy atom. The van der Waals surface area contributed by atoms with Gasteiger partial charge >= 0.3 is 5.97 Å². The minimum Gasteiger partial charge on any atom is -0.466 e. The van der Waals surface area contributed by atoms with E-state index in [9.17, 15) is 19.8 Å². The highest BCUT2D eigenvalue weighted by atomic mass is 16.5. The lowest BCUT2D eigenvalue weighted by Gasteiger charge is -2.22. The number of hydrogen-bond acceptors (Lipinski definition) is 5. The summed E-state index contributed by atoms with van der Waals surface area (Å²) in [6.45, 7) is 4.97. The lowest BCUT2D eigenvalue weighted by Crippen LogP contribution is -2.45. The van der Waals surface area contributed by atoms with Gasteiger partial charge in [-0.2, -0.15) is 0 Å².